The fourth-order valence-corrected chi connectivity index (χ4v) is 3.76. The highest BCUT2D eigenvalue weighted by Gasteiger charge is 2.20. The van der Waals surface area contributed by atoms with Crippen molar-refractivity contribution in [2.45, 2.75) is 51.8 Å². The second-order valence-corrected chi connectivity index (χ2v) is 7.22. The number of aromatic nitrogens is 3. The predicted molar refractivity (Wildman–Crippen MR) is 97.8 cm³/mol. The standard InChI is InChI=1S/C19H27N5O/c1-14-9-18-22-11-15(13-24(18)23-14)10-20-12-16-5-4-8-21-19(16)25-17-6-2-3-7-17/h4-5,8-9,15,17,20,22H,2-3,6-7,10-13H2,1H3/t15-/m0/s1. The van der Waals surface area contributed by atoms with Crippen molar-refractivity contribution < 1.29 is 4.74 Å². The second kappa shape index (κ2) is 7.44. The van der Waals surface area contributed by atoms with Gasteiger partial charge in [-0.1, -0.05) is 6.07 Å². The molecule has 6 heteroatoms. The van der Waals surface area contributed by atoms with E-state index >= 15 is 0 Å². The highest BCUT2D eigenvalue weighted by Crippen LogP contribution is 2.25. The van der Waals surface area contributed by atoms with Crippen LogP contribution in [0, 0.1) is 12.8 Å². The van der Waals surface area contributed by atoms with E-state index in [-0.39, 0.29) is 0 Å². The Balaban J connectivity index is 1.30. The lowest BCUT2D eigenvalue weighted by Crippen LogP contribution is -2.35. The zero-order valence-electron chi connectivity index (χ0n) is 14.9. The van der Waals surface area contributed by atoms with Crippen molar-refractivity contribution in [1.82, 2.24) is 20.1 Å². The Kier molecular flexibility index (Phi) is 4.88. The summed E-state index contributed by atoms with van der Waals surface area (Å²) in [6, 6.07) is 6.20. The first-order valence-corrected chi connectivity index (χ1v) is 9.37. The summed E-state index contributed by atoms with van der Waals surface area (Å²) in [4.78, 5) is 4.45. The number of fused-ring (bicyclic) bond motifs is 1. The van der Waals surface area contributed by atoms with Crippen LogP contribution in [-0.4, -0.2) is 34.0 Å². The van der Waals surface area contributed by atoms with Crippen molar-refractivity contribution in [2.75, 3.05) is 18.4 Å². The first kappa shape index (κ1) is 16.4. The summed E-state index contributed by atoms with van der Waals surface area (Å²) >= 11 is 0. The van der Waals surface area contributed by atoms with Gasteiger partial charge >= 0.3 is 0 Å². The molecule has 1 saturated carbocycles. The van der Waals surface area contributed by atoms with Gasteiger partial charge in [0, 0.05) is 49.9 Å². The Morgan fingerprint density at radius 1 is 1.36 bits per heavy atom. The molecule has 6 nitrogen and oxygen atoms in total. The summed E-state index contributed by atoms with van der Waals surface area (Å²) < 4.78 is 8.19. The van der Waals surface area contributed by atoms with E-state index in [0.29, 0.717) is 12.0 Å². The molecule has 134 valence electrons. The van der Waals surface area contributed by atoms with Crippen LogP contribution < -0.4 is 15.4 Å². The van der Waals surface area contributed by atoms with E-state index in [0.717, 1.165) is 62.0 Å². The quantitative estimate of drug-likeness (QED) is 0.846. The number of hydrogen-bond donors (Lipinski definition) is 2. The maximum atomic E-state index is 6.12. The van der Waals surface area contributed by atoms with Crippen LogP contribution in [-0.2, 0) is 13.1 Å². The third-order valence-electron chi connectivity index (χ3n) is 5.08. The molecule has 0 bridgehead atoms. The van der Waals surface area contributed by atoms with Crippen molar-refractivity contribution in [3.05, 3.63) is 35.7 Å². The smallest absolute Gasteiger partial charge is 0.218 e. The summed E-state index contributed by atoms with van der Waals surface area (Å²) in [5, 5.41) is 11.6. The summed E-state index contributed by atoms with van der Waals surface area (Å²) in [5.41, 5.74) is 2.22. The molecular formula is C19H27N5O. The zero-order chi connectivity index (χ0) is 17.1. The van der Waals surface area contributed by atoms with Gasteiger partial charge in [-0.3, -0.25) is 0 Å². The van der Waals surface area contributed by atoms with Crippen LogP contribution in [0.25, 0.3) is 0 Å². The number of ether oxygens (including phenoxy) is 1. The van der Waals surface area contributed by atoms with Crippen LogP contribution in [0.2, 0.25) is 0 Å². The van der Waals surface area contributed by atoms with Gasteiger partial charge in [-0.05, 0) is 38.7 Å². The molecule has 3 heterocycles. The summed E-state index contributed by atoms with van der Waals surface area (Å²) in [5.74, 6) is 2.46. The number of nitrogens with zero attached hydrogens (tertiary/aromatic N) is 3. The summed E-state index contributed by atoms with van der Waals surface area (Å²) in [6.45, 7) is 5.72. The molecule has 0 saturated heterocycles. The first-order chi connectivity index (χ1) is 12.3. The van der Waals surface area contributed by atoms with Crippen molar-refractivity contribution in [2.24, 2.45) is 5.92 Å². The van der Waals surface area contributed by atoms with E-state index < -0.39 is 0 Å². The molecule has 2 N–H and O–H groups in total. The number of nitrogens with one attached hydrogen (secondary N) is 2. The van der Waals surface area contributed by atoms with Crippen LogP contribution in [0.4, 0.5) is 5.82 Å². The molecular weight excluding hydrogens is 314 g/mol. The molecule has 0 amide bonds. The van der Waals surface area contributed by atoms with Gasteiger partial charge in [-0.2, -0.15) is 5.10 Å². The highest BCUT2D eigenvalue weighted by atomic mass is 16.5. The van der Waals surface area contributed by atoms with Gasteiger partial charge in [-0.15, -0.1) is 0 Å². The van der Waals surface area contributed by atoms with Gasteiger partial charge in [-0.25, -0.2) is 9.67 Å². The molecule has 25 heavy (non-hydrogen) atoms. The fourth-order valence-electron chi connectivity index (χ4n) is 3.76. The molecule has 0 radical (unpaired) electrons. The summed E-state index contributed by atoms with van der Waals surface area (Å²) in [7, 11) is 0. The lowest BCUT2D eigenvalue weighted by atomic mass is 10.1. The third-order valence-corrected chi connectivity index (χ3v) is 5.08. The van der Waals surface area contributed by atoms with Crippen molar-refractivity contribution in [3.8, 4) is 5.88 Å². The maximum Gasteiger partial charge on any atom is 0.218 e. The van der Waals surface area contributed by atoms with Crippen LogP contribution in [0.1, 0.15) is 36.9 Å². The molecule has 1 aliphatic heterocycles. The Labute approximate surface area is 149 Å². The van der Waals surface area contributed by atoms with E-state index in [4.69, 9.17) is 4.74 Å². The topological polar surface area (TPSA) is 64.0 Å². The Bertz CT molecular complexity index is 708. The van der Waals surface area contributed by atoms with E-state index in [9.17, 15) is 0 Å². The lowest BCUT2D eigenvalue weighted by molar-refractivity contribution is 0.198. The van der Waals surface area contributed by atoms with Gasteiger partial charge in [0.25, 0.3) is 0 Å². The van der Waals surface area contributed by atoms with Crippen LogP contribution in [0.5, 0.6) is 5.88 Å². The number of pyridine rings is 1. The number of anilines is 1. The highest BCUT2D eigenvalue weighted by molar-refractivity contribution is 5.38. The van der Waals surface area contributed by atoms with Gasteiger partial charge in [0.15, 0.2) is 0 Å². The average molecular weight is 341 g/mol. The minimum atomic E-state index is 0.345. The Hall–Kier alpha value is -2.08. The number of aryl methyl sites for hydroxylation is 1. The zero-order valence-corrected chi connectivity index (χ0v) is 14.9. The molecule has 2 aliphatic rings. The van der Waals surface area contributed by atoms with Crippen LogP contribution >= 0.6 is 0 Å². The molecule has 0 aromatic carbocycles. The van der Waals surface area contributed by atoms with Crippen molar-refractivity contribution in [1.29, 1.82) is 0 Å². The Morgan fingerprint density at radius 2 is 2.24 bits per heavy atom. The number of hydrogen-bond acceptors (Lipinski definition) is 5. The van der Waals surface area contributed by atoms with Gasteiger partial charge in [0.1, 0.15) is 11.9 Å². The maximum absolute atomic E-state index is 6.12. The average Bonchev–Trinajstić information content (AvgIpc) is 3.24. The predicted octanol–water partition coefficient (Wildman–Crippen LogP) is 2.74. The van der Waals surface area contributed by atoms with E-state index in [1.54, 1.807) is 0 Å². The molecule has 0 spiro atoms. The van der Waals surface area contributed by atoms with E-state index in [1.165, 1.54) is 12.8 Å². The minimum absolute atomic E-state index is 0.345. The van der Waals surface area contributed by atoms with E-state index in [1.807, 2.05) is 19.2 Å². The lowest BCUT2D eigenvalue weighted by Gasteiger charge is -2.25. The van der Waals surface area contributed by atoms with Crippen LogP contribution in [0.3, 0.4) is 0 Å². The largest absolute Gasteiger partial charge is 0.474 e. The van der Waals surface area contributed by atoms with Gasteiger partial charge < -0.3 is 15.4 Å². The minimum Gasteiger partial charge on any atom is -0.474 e. The molecule has 1 atom stereocenters. The molecule has 0 unspecified atom stereocenters. The van der Waals surface area contributed by atoms with Gasteiger partial charge in [0.05, 0.1) is 5.69 Å². The molecule has 2 aromatic rings. The monoisotopic (exact) mass is 341 g/mol. The van der Waals surface area contributed by atoms with Gasteiger partial charge in [0.2, 0.25) is 5.88 Å². The molecule has 1 fully saturated rings. The summed E-state index contributed by atoms with van der Waals surface area (Å²) in [6.07, 6.45) is 7.02. The number of rotatable bonds is 6. The van der Waals surface area contributed by atoms with E-state index in [2.05, 4.69) is 37.5 Å². The third kappa shape index (κ3) is 3.95. The first-order valence-electron chi connectivity index (χ1n) is 9.37. The molecule has 1 aliphatic carbocycles. The van der Waals surface area contributed by atoms with Crippen LogP contribution in [0.15, 0.2) is 24.4 Å². The molecule has 2 aromatic heterocycles. The van der Waals surface area contributed by atoms with Crippen molar-refractivity contribution in [3.63, 3.8) is 0 Å². The molecule has 4 rings (SSSR count). The normalized spacial score (nSPS) is 20.3. The van der Waals surface area contributed by atoms with Crippen molar-refractivity contribution >= 4 is 5.82 Å². The Morgan fingerprint density at radius 3 is 3.12 bits per heavy atom. The fraction of sp³-hybridized carbons (Fsp3) is 0.579. The SMILES string of the molecule is Cc1cc2n(n1)C[C@@H](CNCc1cccnc1OC1CCCC1)CN2. The second-order valence-electron chi connectivity index (χ2n) is 7.22.